The second-order valence-corrected chi connectivity index (χ2v) is 5.20. The number of nitrogens with one attached hydrogen (secondary N) is 2. The summed E-state index contributed by atoms with van der Waals surface area (Å²) in [4.78, 5) is 33.6. The van der Waals surface area contributed by atoms with E-state index >= 15 is 0 Å². The minimum Gasteiger partial charge on any atom is -0.480 e. The van der Waals surface area contributed by atoms with Crippen molar-refractivity contribution in [3.8, 4) is 0 Å². The van der Waals surface area contributed by atoms with E-state index in [1.807, 2.05) is 0 Å². The van der Waals surface area contributed by atoms with Crippen LogP contribution in [-0.2, 0) is 19.1 Å². The van der Waals surface area contributed by atoms with E-state index in [2.05, 4.69) is 10.6 Å². The van der Waals surface area contributed by atoms with Gasteiger partial charge in [0, 0.05) is 6.92 Å². The van der Waals surface area contributed by atoms with Gasteiger partial charge in [0.15, 0.2) is 6.23 Å². The van der Waals surface area contributed by atoms with Gasteiger partial charge >= 0.3 is 5.97 Å². The number of rotatable bonds is 6. The smallest absolute Gasteiger partial charge is 0.321 e. The normalized spacial score (nSPS) is 32.0. The van der Waals surface area contributed by atoms with Crippen LogP contribution in [0.2, 0.25) is 0 Å². The van der Waals surface area contributed by atoms with Gasteiger partial charge in [0.05, 0.1) is 13.0 Å². The van der Waals surface area contributed by atoms with Gasteiger partial charge in [-0.2, -0.15) is 0 Å². The summed E-state index contributed by atoms with van der Waals surface area (Å²) in [6, 6.07) is -2.61. The first-order valence-corrected chi connectivity index (χ1v) is 6.84. The van der Waals surface area contributed by atoms with Crippen LogP contribution in [0.1, 0.15) is 13.3 Å². The summed E-state index contributed by atoms with van der Waals surface area (Å²) in [6.45, 7) is 0.530. The summed E-state index contributed by atoms with van der Waals surface area (Å²) in [5.74, 6) is -2.71. The molecule has 2 amide bonds. The molecular weight excluding hydrogens is 314 g/mol. The Morgan fingerprint density at radius 1 is 1.22 bits per heavy atom. The van der Waals surface area contributed by atoms with Gasteiger partial charge in [0.2, 0.25) is 11.8 Å². The lowest BCUT2D eigenvalue weighted by molar-refractivity contribution is -0.203. The quantitative estimate of drug-likeness (QED) is 0.252. The molecule has 0 bridgehead atoms. The fourth-order valence-electron chi connectivity index (χ4n) is 2.14. The lowest BCUT2D eigenvalue weighted by Gasteiger charge is -2.42. The zero-order valence-corrected chi connectivity index (χ0v) is 12.4. The highest BCUT2D eigenvalue weighted by Crippen LogP contribution is 2.20. The summed E-state index contributed by atoms with van der Waals surface area (Å²) in [5, 5.41) is 42.2. The fourth-order valence-corrected chi connectivity index (χ4v) is 2.14. The van der Waals surface area contributed by atoms with Crippen molar-refractivity contribution in [2.45, 2.75) is 50.0 Å². The van der Waals surface area contributed by atoms with E-state index in [4.69, 9.17) is 20.7 Å². The molecule has 132 valence electrons. The molecule has 11 heteroatoms. The molecule has 23 heavy (non-hydrogen) atoms. The number of carbonyl (C=O) groups excluding carboxylic acids is 2. The van der Waals surface area contributed by atoms with Crippen LogP contribution in [0.25, 0.3) is 0 Å². The van der Waals surface area contributed by atoms with Crippen LogP contribution < -0.4 is 16.4 Å². The molecular formula is C12H21N3O8. The molecule has 1 rings (SSSR count). The molecule has 0 aliphatic carbocycles. The molecule has 11 nitrogen and oxygen atoms in total. The largest absolute Gasteiger partial charge is 0.480 e. The lowest BCUT2D eigenvalue weighted by atomic mass is 9.95. The van der Waals surface area contributed by atoms with Crippen molar-refractivity contribution in [2.24, 2.45) is 5.73 Å². The number of aliphatic hydroxyl groups is 3. The number of aliphatic carboxylic acids is 1. The molecule has 0 aromatic carbocycles. The minimum atomic E-state index is -1.51. The number of carboxylic acid groups (broad SMARTS) is 1. The van der Waals surface area contributed by atoms with E-state index in [0.29, 0.717) is 0 Å². The van der Waals surface area contributed by atoms with Crippen molar-refractivity contribution < 1.29 is 39.5 Å². The highest BCUT2D eigenvalue weighted by Gasteiger charge is 2.45. The molecule has 1 saturated heterocycles. The number of hydrogen-bond donors (Lipinski definition) is 7. The van der Waals surface area contributed by atoms with Crippen LogP contribution in [0.15, 0.2) is 0 Å². The molecule has 0 aromatic heterocycles. The number of carboxylic acids is 1. The van der Waals surface area contributed by atoms with Crippen LogP contribution in [0.3, 0.4) is 0 Å². The van der Waals surface area contributed by atoms with Crippen molar-refractivity contribution in [1.29, 1.82) is 0 Å². The molecule has 0 aromatic rings. The van der Waals surface area contributed by atoms with Crippen molar-refractivity contribution in [1.82, 2.24) is 10.6 Å². The van der Waals surface area contributed by atoms with Gasteiger partial charge in [-0.1, -0.05) is 0 Å². The molecule has 0 radical (unpaired) electrons. The topological polar surface area (TPSA) is 191 Å². The average Bonchev–Trinajstić information content (AvgIpc) is 2.46. The fraction of sp³-hybridized carbons (Fsp3) is 0.750. The molecule has 1 aliphatic rings. The Morgan fingerprint density at radius 3 is 2.30 bits per heavy atom. The Balaban J connectivity index is 2.82. The predicted molar refractivity (Wildman–Crippen MR) is 73.7 cm³/mol. The van der Waals surface area contributed by atoms with Crippen LogP contribution in [0.4, 0.5) is 0 Å². The second kappa shape index (κ2) is 8.17. The number of carbonyl (C=O) groups is 3. The number of hydrogen-bond acceptors (Lipinski definition) is 8. The third-order valence-corrected chi connectivity index (χ3v) is 3.32. The third kappa shape index (κ3) is 5.11. The van der Waals surface area contributed by atoms with E-state index in [-0.39, 0.29) is 0 Å². The van der Waals surface area contributed by atoms with Crippen molar-refractivity contribution in [3.05, 3.63) is 0 Å². The second-order valence-electron chi connectivity index (χ2n) is 5.20. The monoisotopic (exact) mass is 335 g/mol. The lowest BCUT2D eigenvalue weighted by Crippen LogP contribution is -2.68. The molecule has 1 heterocycles. The zero-order chi connectivity index (χ0) is 17.7. The Morgan fingerprint density at radius 2 is 1.83 bits per heavy atom. The third-order valence-electron chi connectivity index (χ3n) is 3.32. The Hall–Kier alpha value is -1.79. The van der Waals surface area contributed by atoms with Crippen molar-refractivity contribution >= 4 is 17.8 Å². The number of ether oxygens (including phenoxy) is 1. The zero-order valence-electron chi connectivity index (χ0n) is 12.4. The standard InChI is InChI=1S/C12H21N3O8/c1-4(17)14-8-10(20)9(19)6(3-16)23-11(8)15-7(18)2-5(13)12(21)22/h5-6,8-11,16,19-20H,2-3,13H2,1H3,(H,14,17)(H,15,18)(H,21,22)/t5-,6+,8-,9+,10+,11+/m0/s1. The van der Waals surface area contributed by atoms with E-state index in [0.717, 1.165) is 6.92 Å². The van der Waals surface area contributed by atoms with Gasteiger partial charge in [0.25, 0.3) is 0 Å². The SMILES string of the molecule is CC(=O)N[C@H]1[C@@H](O)[C@H](O)[C@@H](CO)O[C@H]1NC(=O)C[C@H](N)C(=O)O. The Labute approximate surface area is 131 Å². The molecule has 1 aliphatic heterocycles. The van der Waals surface area contributed by atoms with Crippen LogP contribution in [-0.4, -0.2) is 81.4 Å². The molecule has 8 N–H and O–H groups in total. The maximum absolute atomic E-state index is 11.8. The van der Waals surface area contributed by atoms with Crippen LogP contribution in [0, 0.1) is 0 Å². The summed E-state index contributed by atoms with van der Waals surface area (Å²) in [6.07, 6.45) is -6.00. The van der Waals surface area contributed by atoms with Crippen molar-refractivity contribution in [3.63, 3.8) is 0 Å². The molecule has 0 spiro atoms. The van der Waals surface area contributed by atoms with Gasteiger partial charge in [0.1, 0.15) is 30.4 Å². The van der Waals surface area contributed by atoms with Gasteiger partial charge in [-0.05, 0) is 0 Å². The molecule has 0 unspecified atom stereocenters. The van der Waals surface area contributed by atoms with E-state index < -0.39 is 67.4 Å². The Bertz CT molecular complexity index is 460. The summed E-state index contributed by atoms with van der Waals surface area (Å²) in [7, 11) is 0. The number of aliphatic hydroxyl groups excluding tert-OH is 3. The maximum atomic E-state index is 11.8. The van der Waals surface area contributed by atoms with Gasteiger partial charge in [-0.15, -0.1) is 0 Å². The summed E-state index contributed by atoms with van der Waals surface area (Å²) >= 11 is 0. The van der Waals surface area contributed by atoms with Crippen LogP contribution in [0.5, 0.6) is 0 Å². The van der Waals surface area contributed by atoms with E-state index in [1.165, 1.54) is 0 Å². The minimum absolute atomic E-state index is 0.547. The molecule has 6 atom stereocenters. The van der Waals surface area contributed by atoms with E-state index in [1.54, 1.807) is 0 Å². The number of nitrogens with two attached hydrogens (primary N) is 1. The maximum Gasteiger partial charge on any atom is 0.321 e. The highest BCUT2D eigenvalue weighted by atomic mass is 16.5. The number of amides is 2. The highest BCUT2D eigenvalue weighted by molar-refractivity contribution is 5.84. The summed E-state index contributed by atoms with van der Waals surface area (Å²) < 4.78 is 5.25. The van der Waals surface area contributed by atoms with Crippen LogP contribution >= 0.6 is 0 Å². The first-order chi connectivity index (χ1) is 10.7. The van der Waals surface area contributed by atoms with Gasteiger partial charge in [-0.3, -0.25) is 14.4 Å². The predicted octanol–water partition coefficient (Wildman–Crippen LogP) is -4.15. The molecule has 0 saturated carbocycles. The van der Waals surface area contributed by atoms with Crippen molar-refractivity contribution in [2.75, 3.05) is 6.61 Å². The van der Waals surface area contributed by atoms with Gasteiger partial charge in [-0.25, -0.2) is 0 Å². The summed E-state index contributed by atoms with van der Waals surface area (Å²) in [5.41, 5.74) is 5.24. The van der Waals surface area contributed by atoms with E-state index in [9.17, 15) is 24.6 Å². The first kappa shape index (κ1) is 19.3. The average molecular weight is 335 g/mol. The Kier molecular flexibility index (Phi) is 6.84. The first-order valence-electron chi connectivity index (χ1n) is 6.84. The molecule has 1 fully saturated rings. The van der Waals surface area contributed by atoms with Gasteiger partial charge < -0.3 is 41.5 Å².